The number of benzene rings is 1. The second-order valence-corrected chi connectivity index (χ2v) is 9.84. The number of piperidine rings is 1. The van der Waals surface area contributed by atoms with Gasteiger partial charge in [-0.05, 0) is 67.7 Å². The quantitative estimate of drug-likeness (QED) is 0.582. The van der Waals surface area contributed by atoms with Crippen molar-refractivity contribution in [2.24, 2.45) is 17.8 Å². The molecule has 0 amide bonds. The summed E-state index contributed by atoms with van der Waals surface area (Å²) in [5.41, 5.74) is 2.52. The van der Waals surface area contributed by atoms with E-state index in [0.29, 0.717) is 42.3 Å². The van der Waals surface area contributed by atoms with Crippen LogP contribution in [-0.4, -0.2) is 44.7 Å². The van der Waals surface area contributed by atoms with Crippen molar-refractivity contribution in [1.82, 2.24) is 25.0 Å². The average Bonchev–Trinajstić information content (AvgIpc) is 3.20. The number of hydrogen-bond acceptors (Lipinski definition) is 6. The van der Waals surface area contributed by atoms with Crippen LogP contribution in [0.5, 0.6) is 0 Å². The minimum absolute atomic E-state index is 0.439. The largest absolute Gasteiger partial charge is 0.370 e. The molecule has 0 radical (unpaired) electrons. The van der Waals surface area contributed by atoms with Gasteiger partial charge in [-0.1, -0.05) is 0 Å². The highest BCUT2D eigenvalue weighted by Crippen LogP contribution is 2.44. The van der Waals surface area contributed by atoms with Crippen LogP contribution in [0.1, 0.15) is 48.3 Å². The van der Waals surface area contributed by atoms with Gasteiger partial charge in [-0.3, -0.25) is 0 Å². The van der Waals surface area contributed by atoms with Crippen molar-refractivity contribution < 1.29 is 13.5 Å². The predicted molar refractivity (Wildman–Crippen MR) is 121 cm³/mol. The topological polar surface area (TPSA) is 69.0 Å². The first-order valence-electron chi connectivity index (χ1n) is 12.1. The summed E-state index contributed by atoms with van der Waals surface area (Å²) >= 11 is 0. The van der Waals surface area contributed by atoms with E-state index in [2.05, 4.69) is 21.2 Å². The summed E-state index contributed by atoms with van der Waals surface area (Å²) in [6.07, 6.45) is 5.27. The third kappa shape index (κ3) is 4.06. The highest BCUT2D eigenvalue weighted by atomic mass is 19.1. The Labute approximate surface area is 197 Å². The molecule has 1 saturated carbocycles. The molecule has 34 heavy (non-hydrogen) atoms. The van der Waals surface area contributed by atoms with Crippen LogP contribution in [-0.2, 0) is 17.7 Å². The summed E-state index contributed by atoms with van der Waals surface area (Å²) in [5.74, 6) is 1.92. The lowest BCUT2D eigenvalue weighted by molar-refractivity contribution is 0.0806. The summed E-state index contributed by atoms with van der Waals surface area (Å²) in [5, 5.41) is 13.0. The Kier molecular flexibility index (Phi) is 5.51. The van der Waals surface area contributed by atoms with Crippen LogP contribution in [0.25, 0.3) is 0 Å². The standard InChI is InChI=1S/C25H28F2N6O/c1-15-7-21(12-28-30-15)32-13-16-3-4-17(14-32)22(16)11-23-29-25-24(34-6-2-5-33(25)31-23)18-8-19(26)10-20(27)9-18/h7-10,12,16-17,22,24H,2-6,11,13-14H2,1H3/t16-,17+,22?,24-/m1/s1. The number of fused-ring (bicyclic) bond motifs is 3. The molecule has 0 spiro atoms. The summed E-state index contributed by atoms with van der Waals surface area (Å²) in [6, 6.07) is 5.63. The number of aromatic nitrogens is 5. The van der Waals surface area contributed by atoms with Crippen LogP contribution in [0.3, 0.4) is 0 Å². The van der Waals surface area contributed by atoms with Crippen molar-refractivity contribution >= 4 is 5.69 Å². The number of nitrogens with zero attached hydrogens (tertiary/aromatic N) is 6. The molecule has 1 unspecified atom stereocenters. The lowest BCUT2D eigenvalue weighted by Crippen LogP contribution is -2.43. The Morgan fingerprint density at radius 1 is 1.06 bits per heavy atom. The molecule has 2 aromatic heterocycles. The predicted octanol–water partition coefficient (Wildman–Crippen LogP) is 3.87. The molecule has 2 aliphatic heterocycles. The summed E-state index contributed by atoms with van der Waals surface area (Å²) in [4.78, 5) is 7.30. The third-order valence-electron chi connectivity index (χ3n) is 7.54. The summed E-state index contributed by atoms with van der Waals surface area (Å²) < 4.78 is 35.6. The maximum Gasteiger partial charge on any atom is 0.161 e. The van der Waals surface area contributed by atoms with Crippen LogP contribution in [0, 0.1) is 36.3 Å². The molecular weight excluding hydrogens is 438 g/mol. The highest BCUT2D eigenvalue weighted by molar-refractivity contribution is 5.45. The molecule has 1 aromatic carbocycles. The molecule has 0 N–H and O–H groups in total. The molecule has 4 heterocycles. The number of halogens is 2. The first-order valence-corrected chi connectivity index (χ1v) is 12.1. The molecular formula is C25H28F2N6O. The van der Waals surface area contributed by atoms with Crippen molar-refractivity contribution in [1.29, 1.82) is 0 Å². The van der Waals surface area contributed by atoms with E-state index < -0.39 is 17.7 Å². The molecule has 3 aromatic rings. The van der Waals surface area contributed by atoms with E-state index in [-0.39, 0.29) is 0 Å². The van der Waals surface area contributed by atoms with Gasteiger partial charge in [0.1, 0.15) is 17.7 Å². The molecule has 2 fully saturated rings. The fraction of sp³-hybridized carbons (Fsp3) is 0.520. The zero-order chi connectivity index (χ0) is 23.2. The second-order valence-electron chi connectivity index (χ2n) is 9.84. The maximum absolute atomic E-state index is 13.9. The Balaban J connectivity index is 1.22. The van der Waals surface area contributed by atoms with E-state index >= 15 is 0 Å². The Hall–Kier alpha value is -2.94. The Morgan fingerprint density at radius 2 is 1.82 bits per heavy atom. The maximum atomic E-state index is 13.9. The number of aryl methyl sites for hydroxylation is 2. The van der Waals surface area contributed by atoms with Gasteiger partial charge >= 0.3 is 0 Å². The minimum atomic E-state index is -0.616. The molecule has 178 valence electrons. The second kappa shape index (κ2) is 8.69. The zero-order valence-corrected chi connectivity index (χ0v) is 19.2. The first kappa shape index (κ1) is 21.6. The van der Waals surface area contributed by atoms with Crippen LogP contribution >= 0.6 is 0 Å². The molecule has 7 nitrogen and oxygen atoms in total. The fourth-order valence-corrected chi connectivity index (χ4v) is 6.03. The minimum Gasteiger partial charge on any atom is -0.370 e. The van der Waals surface area contributed by atoms with E-state index in [1.165, 1.54) is 25.0 Å². The number of anilines is 1. The number of hydrogen-bond donors (Lipinski definition) is 0. The van der Waals surface area contributed by atoms with Crippen molar-refractivity contribution in [2.45, 2.75) is 45.3 Å². The van der Waals surface area contributed by atoms with Gasteiger partial charge in [-0.15, -0.1) is 0 Å². The SMILES string of the molecule is Cc1cc(N2C[C@H]3CC[C@@H](C2)C3Cc2nc3n(n2)CCCO[C@@H]3c2cc(F)cc(F)c2)cnn1. The third-order valence-corrected chi connectivity index (χ3v) is 7.54. The van der Waals surface area contributed by atoms with Gasteiger partial charge in [-0.2, -0.15) is 15.3 Å². The average molecular weight is 467 g/mol. The van der Waals surface area contributed by atoms with Crippen LogP contribution < -0.4 is 4.90 Å². The molecule has 6 rings (SSSR count). The van der Waals surface area contributed by atoms with Crippen molar-refractivity contribution in [2.75, 3.05) is 24.6 Å². The lowest BCUT2D eigenvalue weighted by Gasteiger charge is -2.39. The van der Waals surface area contributed by atoms with Crippen molar-refractivity contribution in [3.05, 3.63) is 65.0 Å². The van der Waals surface area contributed by atoms with Gasteiger partial charge in [0.2, 0.25) is 0 Å². The van der Waals surface area contributed by atoms with Gasteiger partial charge < -0.3 is 9.64 Å². The van der Waals surface area contributed by atoms with E-state index in [0.717, 1.165) is 49.2 Å². The van der Waals surface area contributed by atoms with E-state index in [9.17, 15) is 8.78 Å². The molecule has 2 bridgehead atoms. The smallest absolute Gasteiger partial charge is 0.161 e. The molecule has 1 saturated heterocycles. The van der Waals surface area contributed by atoms with Crippen LogP contribution in [0.4, 0.5) is 14.5 Å². The normalized spacial score (nSPS) is 26.4. The van der Waals surface area contributed by atoms with Gasteiger partial charge in [0.05, 0.1) is 17.6 Å². The lowest BCUT2D eigenvalue weighted by atomic mass is 9.82. The zero-order valence-electron chi connectivity index (χ0n) is 19.2. The van der Waals surface area contributed by atoms with Crippen LogP contribution in [0.15, 0.2) is 30.5 Å². The summed E-state index contributed by atoms with van der Waals surface area (Å²) in [6.45, 7) is 5.18. The summed E-state index contributed by atoms with van der Waals surface area (Å²) in [7, 11) is 0. The molecule has 4 atom stereocenters. The first-order chi connectivity index (χ1) is 16.5. The van der Waals surface area contributed by atoms with Gasteiger partial charge in [0.25, 0.3) is 0 Å². The molecule has 1 aliphatic carbocycles. The van der Waals surface area contributed by atoms with E-state index in [1.807, 2.05) is 17.8 Å². The highest BCUT2D eigenvalue weighted by Gasteiger charge is 2.43. The van der Waals surface area contributed by atoms with Crippen molar-refractivity contribution in [3.63, 3.8) is 0 Å². The van der Waals surface area contributed by atoms with E-state index in [4.69, 9.17) is 14.8 Å². The fourth-order valence-electron chi connectivity index (χ4n) is 6.03. The van der Waals surface area contributed by atoms with Gasteiger partial charge in [0, 0.05) is 38.7 Å². The van der Waals surface area contributed by atoms with Gasteiger partial charge in [-0.25, -0.2) is 18.4 Å². The van der Waals surface area contributed by atoms with E-state index in [1.54, 1.807) is 0 Å². The number of ether oxygens (including phenoxy) is 1. The Bertz CT molecular complexity index is 1170. The monoisotopic (exact) mass is 466 g/mol. The van der Waals surface area contributed by atoms with Crippen LogP contribution in [0.2, 0.25) is 0 Å². The Morgan fingerprint density at radius 3 is 2.56 bits per heavy atom. The number of rotatable bonds is 4. The molecule has 9 heteroatoms. The van der Waals surface area contributed by atoms with Crippen molar-refractivity contribution in [3.8, 4) is 0 Å². The van der Waals surface area contributed by atoms with Gasteiger partial charge in [0.15, 0.2) is 11.6 Å². The molecule has 3 aliphatic rings.